The summed E-state index contributed by atoms with van der Waals surface area (Å²) < 4.78 is 0. The van der Waals surface area contributed by atoms with Gasteiger partial charge in [-0.05, 0) is 91.5 Å². The lowest BCUT2D eigenvalue weighted by Crippen LogP contribution is -1.88. The van der Waals surface area contributed by atoms with Gasteiger partial charge in [0.25, 0.3) is 0 Å². The van der Waals surface area contributed by atoms with E-state index < -0.39 is 0 Å². The van der Waals surface area contributed by atoms with Gasteiger partial charge < -0.3 is 0 Å². The summed E-state index contributed by atoms with van der Waals surface area (Å²) in [4.78, 5) is 16.9. The van der Waals surface area contributed by atoms with E-state index in [0.717, 1.165) is 66.8 Å². The van der Waals surface area contributed by atoms with Gasteiger partial charge in [0, 0.05) is 42.7 Å². The molecule has 0 aliphatic heterocycles. The third-order valence-corrected chi connectivity index (χ3v) is 7.47. The third kappa shape index (κ3) is 5.34. The Bertz CT molecular complexity index is 1680. The van der Waals surface area contributed by atoms with Crippen LogP contribution in [-0.4, -0.2) is 19.9 Å². The maximum absolute atomic E-state index is 4.27. The second-order valence-corrected chi connectivity index (χ2v) is 10.1. The largest absolute Gasteiger partial charge is 0.264 e. The van der Waals surface area contributed by atoms with Crippen LogP contribution in [0.2, 0.25) is 0 Å². The van der Waals surface area contributed by atoms with Crippen LogP contribution >= 0.6 is 0 Å². The van der Waals surface area contributed by atoms with Crippen LogP contribution in [0, 0.1) is 0 Å². The second kappa shape index (κ2) is 11.4. The van der Waals surface area contributed by atoms with E-state index in [1.54, 1.807) is 18.7 Å². The Labute approximate surface area is 245 Å². The standard InChI is InChI=1S/C38H26N4/c1-3-33(22-39-17-1)27-5-9-29(10-6-27)35-19-36(30-11-7-28(8-12-30)34-4-2-18-40-23-34)21-37(20-35)31-13-15-32(16-14-31)38-24-41-26-42-25-38/h1-26H. The minimum absolute atomic E-state index is 1.00. The molecule has 0 unspecified atom stereocenters. The molecule has 0 saturated carbocycles. The van der Waals surface area contributed by atoms with E-state index in [2.05, 4.69) is 123 Å². The summed E-state index contributed by atoms with van der Waals surface area (Å²) in [6.07, 6.45) is 12.6. The molecule has 0 radical (unpaired) electrons. The Morgan fingerprint density at radius 2 is 0.571 bits per heavy atom. The lowest BCUT2D eigenvalue weighted by Gasteiger charge is -2.13. The molecule has 7 aromatic rings. The molecule has 0 aliphatic rings. The van der Waals surface area contributed by atoms with Crippen molar-refractivity contribution in [1.82, 2.24) is 19.9 Å². The van der Waals surface area contributed by atoms with Crippen LogP contribution in [0.3, 0.4) is 0 Å². The van der Waals surface area contributed by atoms with Crippen LogP contribution in [0.5, 0.6) is 0 Å². The van der Waals surface area contributed by atoms with Crippen molar-refractivity contribution in [1.29, 1.82) is 0 Å². The summed E-state index contributed by atoms with van der Waals surface area (Å²) >= 11 is 0. The molecule has 0 aliphatic carbocycles. The highest BCUT2D eigenvalue weighted by molar-refractivity contribution is 5.83. The first-order valence-corrected chi connectivity index (χ1v) is 13.8. The highest BCUT2D eigenvalue weighted by Crippen LogP contribution is 2.35. The first-order chi connectivity index (χ1) is 20.8. The zero-order valence-corrected chi connectivity index (χ0v) is 22.8. The number of hydrogen-bond acceptors (Lipinski definition) is 4. The van der Waals surface area contributed by atoms with Crippen LogP contribution in [0.4, 0.5) is 0 Å². The van der Waals surface area contributed by atoms with Crippen molar-refractivity contribution in [3.63, 3.8) is 0 Å². The molecule has 0 spiro atoms. The van der Waals surface area contributed by atoms with Gasteiger partial charge >= 0.3 is 0 Å². The van der Waals surface area contributed by atoms with Crippen molar-refractivity contribution < 1.29 is 0 Å². The Balaban J connectivity index is 1.29. The van der Waals surface area contributed by atoms with Gasteiger partial charge in [0.05, 0.1) is 0 Å². The Morgan fingerprint density at radius 3 is 0.905 bits per heavy atom. The van der Waals surface area contributed by atoms with Crippen molar-refractivity contribution in [3.8, 4) is 66.8 Å². The van der Waals surface area contributed by atoms with E-state index in [9.17, 15) is 0 Å². The lowest BCUT2D eigenvalue weighted by molar-refractivity contribution is 1.17. The minimum atomic E-state index is 1.00. The van der Waals surface area contributed by atoms with Crippen LogP contribution in [-0.2, 0) is 0 Å². The van der Waals surface area contributed by atoms with Crippen molar-refractivity contribution in [2.24, 2.45) is 0 Å². The van der Waals surface area contributed by atoms with Crippen LogP contribution < -0.4 is 0 Å². The first kappa shape index (κ1) is 25.2. The average Bonchev–Trinajstić information content (AvgIpc) is 3.09. The predicted octanol–water partition coefficient (Wildman–Crippen LogP) is 9.27. The van der Waals surface area contributed by atoms with Gasteiger partial charge in [-0.2, -0.15) is 0 Å². The zero-order valence-electron chi connectivity index (χ0n) is 22.8. The van der Waals surface area contributed by atoms with E-state index >= 15 is 0 Å². The van der Waals surface area contributed by atoms with Gasteiger partial charge in [-0.1, -0.05) is 84.9 Å². The molecular weight excluding hydrogens is 512 g/mol. The van der Waals surface area contributed by atoms with Gasteiger partial charge in [0.1, 0.15) is 6.33 Å². The van der Waals surface area contributed by atoms with Gasteiger partial charge in [-0.15, -0.1) is 0 Å². The summed E-state index contributed by atoms with van der Waals surface area (Å²) in [5.41, 5.74) is 13.6. The minimum Gasteiger partial charge on any atom is -0.264 e. The van der Waals surface area contributed by atoms with Crippen LogP contribution in [0.1, 0.15) is 0 Å². The molecular formula is C38H26N4. The fraction of sp³-hybridized carbons (Fsp3) is 0. The maximum Gasteiger partial charge on any atom is 0.115 e. The molecule has 42 heavy (non-hydrogen) atoms. The van der Waals surface area contributed by atoms with E-state index in [0.29, 0.717) is 0 Å². The highest BCUT2D eigenvalue weighted by Gasteiger charge is 2.10. The topological polar surface area (TPSA) is 51.6 Å². The van der Waals surface area contributed by atoms with Crippen molar-refractivity contribution in [3.05, 3.63) is 159 Å². The highest BCUT2D eigenvalue weighted by atomic mass is 14.8. The van der Waals surface area contributed by atoms with E-state index in [1.165, 1.54) is 0 Å². The zero-order chi connectivity index (χ0) is 28.1. The average molecular weight is 539 g/mol. The number of rotatable bonds is 6. The number of nitrogens with zero attached hydrogens (tertiary/aromatic N) is 4. The molecule has 0 amide bonds. The van der Waals surface area contributed by atoms with Crippen molar-refractivity contribution in [2.45, 2.75) is 0 Å². The van der Waals surface area contributed by atoms with Crippen molar-refractivity contribution in [2.75, 3.05) is 0 Å². The lowest BCUT2D eigenvalue weighted by atomic mass is 9.91. The first-order valence-electron chi connectivity index (χ1n) is 13.8. The monoisotopic (exact) mass is 538 g/mol. The molecule has 0 N–H and O–H groups in total. The molecule has 4 nitrogen and oxygen atoms in total. The molecule has 3 heterocycles. The molecule has 4 heteroatoms. The van der Waals surface area contributed by atoms with Crippen LogP contribution in [0.15, 0.2) is 159 Å². The summed E-state index contributed by atoms with van der Waals surface area (Å²) in [6, 6.07) is 40.9. The SMILES string of the molecule is c1cncc(-c2ccc(-c3cc(-c4ccc(-c5cccnc5)cc4)cc(-c4ccc(-c5cncnc5)cc4)c3)cc2)c1. The number of pyridine rings is 2. The molecule has 3 aromatic heterocycles. The maximum atomic E-state index is 4.27. The quantitative estimate of drug-likeness (QED) is 0.212. The van der Waals surface area contributed by atoms with Gasteiger partial charge in [-0.25, -0.2) is 9.97 Å². The molecule has 0 atom stereocenters. The van der Waals surface area contributed by atoms with Crippen LogP contribution in [0.25, 0.3) is 66.8 Å². The van der Waals surface area contributed by atoms with Gasteiger partial charge in [0.2, 0.25) is 0 Å². The molecule has 198 valence electrons. The summed E-state index contributed by atoms with van der Waals surface area (Å²) in [7, 11) is 0. The molecule has 4 aromatic carbocycles. The summed E-state index contributed by atoms with van der Waals surface area (Å²) in [5, 5.41) is 0. The third-order valence-electron chi connectivity index (χ3n) is 7.47. The fourth-order valence-electron chi connectivity index (χ4n) is 5.21. The summed E-state index contributed by atoms with van der Waals surface area (Å²) in [5.74, 6) is 0. The number of aromatic nitrogens is 4. The number of hydrogen-bond donors (Lipinski definition) is 0. The van der Waals surface area contributed by atoms with Gasteiger partial charge in [-0.3, -0.25) is 9.97 Å². The normalized spacial score (nSPS) is 10.9. The summed E-state index contributed by atoms with van der Waals surface area (Å²) in [6.45, 7) is 0. The van der Waals surface area contributed by atoms with Crippen molar-refractivity contribution >= 4 is 0 Å². The number of benzene rings is 4. The molecule has 7 rings (SSSR count). The molecule has 0 bridgehead atoms. The predicted molar refractivity (Wildman–Crippen MR) is 170 cm³/mol. The Kier molecular flexibility index (Phi) is 6.85. The molecule has 0 saturated heterocycles. The smallest absolute Gasteiger partial charge is 0.115 e. The Morgan fingerprint density at radius 1 is 0.262 bits per heavy atom. The molecule has 0 fully saturated rings. The van der Waals surface area contributed by atoms with Gasteiger partial charge in [0.15, 0.2) is 0 Å². The van der Waals surface area contributed by atoms with E-state index in [4.69, 9.17) is 0 Å². The fourth-order valence-corrected chi connectivity index (χ4v) is 5.21. The second-order valence-electron chi connectivity index (χ2n) is 10.1. The van der Waals surface area contributed by atoms with E-state index in [1.807, 2.05) is 36.9 Å². The Hall–Kier alpha value is -5.74. The van der Waals surface area contributed by atoms with E-state index in [-0.39, 0.29) is 0 Å².